The lowest BCUT2D eigenvalue weighted by molar-refractivity contribution is -0.386. The summed E-state index contributed by atoms with van der Waals surface area (Å²) < 4.78 is 41.1. The van der Waals surface area contributed by atoms with Crippen molar-refractivity contribution in [3.8, 4) is 5.75 Å². The molecule has 0 aromatic heterocycles. The van der Waals surface area contributed by atoms with Gasteiger partial charge in [-0.05, 0) is 25.0 Å². The summed E-state index contributed by atoms with van der Waals surface area (Å²) in [5.74, 6) is -0.123. The van der Waals surface area contributed by atoms with Gasteiger partial charge in [0.05, 0.1) is 17.4 Å². The lowest BCUT2D eigenvalue weighted by Gasteiger charge is -2.15. The van der Waals surface area contributed by atoms with Crippen LogP contribution in [0.3, 0.4) is 0 Å². The molecule has 1 N–H and O–H groups in total. The lowest BCUT2D eigenvalue weighted by Crippen LogP contribution is -2.25. The number of nitrogens with zero attached hydrogens (tertiary/aromatic N) is 1. The van der Waals surface area contributed by atoms with Gasteiger partial charge in [-0.25, -0.2) is 0 Å². The van der Waals surface area contributed by atoms with E-state index in [1.54, 1.807) is 19.9 Å². The summed E-state index contributed by atoms with van der Waals surface area (Å²) in [6.45, 7) is 2.54. The summed E-state index contributed by atoms with van der Waals surface area (Å²) in [6, 6.07) is 2.87. The quantitative estimate of drug-likeness (QED) is 0.669. The molecule has 0 fully saturated rings. The van der Waals surface area contributed by atoms with E-state index >= 15 is 0 Å². The van der Waals surface area contributed by atoms with Crippen LogP contribution in [0.4, 0.5) is 18.9 Å². The molecule has 1 atom stereocenters. The van der Waals surface area contributed by atoms with Crippen molar-refractivity contribution in [1.29, 1.82) is 0 Å². The van der Waals surface area contributed by atoms with Crippen LogP contribution in [0.1, 0.15) is 17.5 Å². The highest BCUT2D eigenvalue weighted by Crippen LogP contribution is 2.32. The van der Waals surface area contributed by atoms with Crippen molar-refractivity contribution in [2.45, 2.75) is 32.5 Å². The first-order valence-corrected chi connectivity index (χ1v) is 5.73. The van der Waals surface area contributed by atoms with Crippen molar-refractivity contribution in [1.82, 2.24) is 0 Å². The van der Waals surface area contributed by atoms with Gasteiger partial charge in [-0.1, -0.05) is 6.07 Å². The molecule has 0 aliphatic rings. The van der Waals surface area contributed by atoms with E-state index in [-0.39, 0.29) is 11.4 Å². The third-order valence-corrected chi connectivity index (χ3v) is 2.48. The Morgan fingerprint density at radius 3 is 2.50 bits per heavy atom. The van der Waals surface area contributed by atoms with Gasteiger partial charge in [0.2, 0.25) is 0 Å². The Bertz CT molecular complexity index is 502. The fourth-order valence-electron chi connectivity index (χ4n) is 1.76. The third kappa shape index (κ3) is 4.69. The van der Waals surface area contributed by atoms with Crippen molar-refractivity contribution >= 4 is 5.69 Å². The van der Waals surface area contributed by atoms with Gasteiger partial charge in [0.15, 0.2) is 5.75 Å². The molecule has 0 spiro atoms. The molecule has 0 radical (unpaired) electrons. The number of rotatable bonds is 5. The summed E-state index contributed by atoms with van der Waals surface area (Å²) >= 11 is 0. The normalized spacial score (nSPS) is 13.1. The van der Waals surface area contributed by atoms with Crippen LogP contribution in [0, 0.1) is 24.0 Å². The predicted molar refractivity (Wildman–Crippen MR) is 64.7 cm³/mol. The highest BCUT2D eigenvalue weighted by atomic mass is 19.4. The molecule has 1 rings (SSSR count). The summed E-state index contributed by atoms with van der Waals surface area (Å²) in [6.07, 6.45) is -7.71. The number of aryl methyl sites for hydroxylation is 2. The van der Waals surface area contributed by atoms with Gasteiger partial charge in [-0.2, -0.15) is 13.2 Å². The summed E-state index contributed by atoms with van der Waals surface area (Å²) in [4.78, 5) is 10.2. The van der Waals surface area contributed by atoms with E-state index in [2.05, 4.69) is 0 Å². The van der Waals surface area contributed by atoms with E-state index in [1.807, 2.05) is 0 Å². The standard InChI is InChI=1S/C12H14F3NO4/c1-7-3-8(2)11(10(4-7)16(18)19)20-6-9(17)5-12(13,14)15/h3-4,9,17H,5-6H2,1-2H3. The van der Waals surface area contributed by atoms with Crippen molar-refractivity contribution in [3.05, 3.63) is 33.4 Å². The van der Waals surface area contributed by atoms with Gasteiger partial charge in [0.25, 0.3) is 0 Å². The largest absolute Gasteiger partial charge is 0.484 e. The number of aliphatic hydroxyl groups is 1. The van der Waals surface area contributed by atoms with Crippen LogP contribution >= 0.6 is 0 Å². The molecular weight excluding hydrogens is 279 g/mol. The SMILES string of the molecule is Cc1cc(C)c(OCC(O)CC(F)(F)F)c([N+](=O)[O-])c1. The fraction of sp³-hybridized carbons (Fsp3) is 0.500. The maximum atomic E-state index is 12.0. The Balaban J connectivity index is 2.85. The first-order chi connectivity index (χ1) is 9.10. The molecule has 0 aliphatic carbocycles. The van der Waals surface area contributed by atoms with E-state index in [4.69, 9.17) is 4.74 Å². The van der Waals surface area contributed by atoms with Gasteiger partial charge in [-0.3, -0.25) is 10.1 Å². The van der Waals surface area contributed by atoms with E-state index in [0.717, 1.165) is 0 Å². The second-order valence-corrected chi connectivity index (χ2v) is 4.47. The number of hydrogen-bond donors (Lipinski definition) is 1. The monoisotopic (exact) mass is 293 g/mol. The minimum Gasteiger partial charge on any atom is -0.484 e. The first-order valence-electron chi connectivity index (χ1n) is 5.73. The number of nitro benzene ring substituents is 1. The van der Waals surface area contributed by atoms with Crippen LogP contribution in [-0.2, 0) is 0 Å². The smallest absolute Gasteiger partial charge is 0.391 e. The van der Waals surface area contributed by atoms with Crippen LogP contribution < -0.4 is 4.74 Å². The highest BCUT2D eigenvalue weighted by molar-refractivity contribution is 5.53. The first kappa shape index (κ1) is 16.2. The summed E-state index contributed by atoms with van der Waals surface area (Å²) in [5.41, 5.74) is 0.731. The van der Waals surface area contributed by atoms with Crippen molar-refractivity contribution in [2.24, 2.45) is 0 Å². The Morgan fingerprint density at radius 1 is 1.40 bits per heavy atom. The van der Waals surface area contributed by atoms with Gasteiger partial charge < -0.3 is 9.84 Å². The molecule has 0 saturated carbocycles. The van der Waals surface area contributed by atoms with Crippen LogP contribution in [0.2, 0.25) is 0 Å². The number of nitro groups is 1. The Hall–Kier alpha value is -1.83. The molecule has 0 saturated heterocycles. The minimum atomic E-state index is -4.52. The van der Waals surface area contributed by atoms with E-state index in [1.165, 1.54) is 6.07 Å². The molecule has 0 bridgehead atoms. The third-order valence-electron chi connectivity index (χ3n) is 2.48. The molecule has 0 amide bonds. The van der Waals surface area contributed by atoms with Crippen molar-refractivity contribution < 1.29 is 27.9 Å². The average Bonchev–Trinajstić information content (AvgIpc) is 2.24. The molecule has 1 unspecified atom stereocenters. The molecule has 20 heavy (non-hydrogen) atoms. The number of ether oxygens (including phenoxy) is 1. The van der Waals surface area contributed by atoms with Gasteiger partial charge in [0, 0.05) is 6.07 Å². The topological polar surface area (TPSA) is 72.6 Å². The van der Waals surface area contributed by atoms with Crippen LogP contribution in [0.5, 0.6) is 5.75 Å². The molecule has 0 heterocycles. The number of alkyl halides is 3. The maximum Gasteiger partial charge on any atom is 0.391 e. The highest BCUT2D eigenvalue weighted by Gasteiger charge is 2.31. The minimum absolute atomic E-state index is 0.123. The maximum absolute atomic E-state index is 12.0. The molecule has 112 valence electrons. The zero-order chi connectivity index (χ0) is 15.5. The van der Waals surface area contributed by atoms with Crippen LogP contribution in [0.15, 0.2) is 12.1 Å². The fourth-order valence-corrected chi connectivity index (χ4v) is 1.76. The Labute approximate surface area is 113 Å². The van der Waals surface area contributed by atoms with Crippen LogP contribution in [0.25, 0.3) is 0 Å². The number of aliphatic hydroxyl groups excluding tert-OH is 1. The van der Waals surface area contributed by atoms with Gasteiger partial charge in [-0.15, -0.1) is 0 Å². The van der Waals surface area contributed by atoms with Gasteiger partial charge >= 0.3 is 11.9 Å². The summed E-state index contributed by atoms with van der Waals surface area (Å²) in [5, 5.41) is 20.1. The van der Waals surface area contributed by atoms with E-state index in [9.17, 15) is 28.4 Å². The molecule has 0 aliphatic heterocycles. The number of halogens is 3. The lowest BCUT2D eigenvalue weighted by atomic mass is 10.1. The Morgan fingerprint density at radius 2 is 2.00 bits per heavy atom. The molecule has 8 heteroatoms. The molecule has 1 aromatic rings. The van der Waals surface area contributed by atoms with E-state index < -0.39 is 30.2 Å². The molecule has 1 aromatic carbocycles. The van der Waals surface area contributed by atoms with Crippen molar-refractivity contribution in [2.75, 3.05) is 6.61 Å². The van der Waals surface area contributed by atoms with Crippen LogP contribution in [-0.4, -0.2) is 28.9 Å². The second-order valence-electron chi connectivity index (χ2n) is 4.47. The summed E-state index contributed by atoms with van der Waals surface area (Å²) in [7, 11) is 0. The van der Waals surface area contributed by atoms with Gasteiger partial charge in [0.1, 0.15) is 6.61 Å². The predicted octanol–water partition coefficient (Wildman–Crippen LogP) is 2.90. The number of hydrogen-bond acceptors (Lipinski definition) is 4. The second kappa shape index (κ2) is 6.08. The molecular formula is C12H14F3NO4. The Kier molecular flexibility index (Phi) is 4.93. The van der Waals surface area contributed by atoms with E-state index in [0.29, 0.717) is 11.1 Å². The molecule has 5 nitrogen and oxygen atoms in total. The zero-order valence-corrected chi connectivity index (χ0v) is 10.9. The number of benzene rings is 1. The average molecular weight is 293 g/mol. The van der Waals surface area contributed by atoms with Crippen molar-refractivity contribution in [3.63, 3.8) is 0 Å². The zero-order valence-electron chi connectivity index (χ0n) is 10.9.